The fourth-order valence-electron chi connectivity index (χ4n) is 2.26. The molecule has 2 aromatic carbocycles. The van der Waals surface area contributed by atoms with Crippen molar-refractivity contribution in [3.63, 3.8) is 0 Å². The molecule has 0 spiro atoms. The molecule has 2 N–H and O–H groups in total. The van der Waals surface area contributed by atoms with E-state index in [9.17, 15) is 32.9 Å². The van der Waals surface area contributed by atoms with Crippen molar-refractivity contribution in [1.82, 2.24) is 0 Å². The highest BCUT2D eigenvalue weighted by Gasteiger charge is 2.35. The molecule has 0 fully saturated rings. The van der Waals surface area contributed by atoms with Crippen molar-refractivity contribution in [3.05, 3.63) is 63.7 Å². The number of nitro benzene ring substituents is 1. The van der Waals surface area contributed by atoms with E-state index in [0.717, 1.165) is 12.1 Å². The number of amides is 1. The third-order valence-corrected chi connectivity index (χ3v) is 3.54. The SMILES string of the molecule is CNc1ccccc1C(=O)OCC(=O)Nc1ccc([N+](=O)[O-])cc1C(F)(F)F. The van der Waals surface area contributed by atoms with Gasteiger partial charge in [-0.3, -0.25) is 14.9 Å². The molecule has 148 valence electrons. The summed E-state index contributed by atoms with van der Waals surface area (Å²) >= 11 is 0. The fourth-order valence-corrected chi connectivity index (χ4v) is 2.26. The minimum absolute atomic E-state index is 0.143. The number of para-hydroxylation sites is 1. The summed E-state index contributed by atoms with van der Waals surface area (Å²) in [6.07, 6.45) is -4.93. The first-order valence-corrected chi connectivity index (χ1v) is 7.73. The molecule has 0 saturated heterocycles. The van der Waals surface area contributed by atoms with Gasteiger partial charge in [0.25, 0.3) is 11.6 Å². The Hall–Kier alpha value is -3.63. The summed E-state index contributed by atoms with van der Waals surface area (Å²) in [6.45, 7) is -0.842. The minimum Gasteiger partial charge on any atom is -0.452 e. The Morgan fingerprint density at radius 1 is 1.14 bits per heavy atom. The Bertz CT molecular complexity index is 915. The predicted octanol–water partition coefficient (Wildman–Crippen LogP) is 3.45. The van der Waals surface area contributed by atoms with Crippen molar-refractivity contribution >= 4 is 28.9 Å². The summed E-state index contributed by atoms with van der Waals surface area (Å²) in [5.41, 5.74) is -2.26. The molecule has 1 amide bonds. The summed E-state index contributed by atoms with van der Waals surface area (Å²) in [5.74, 6) is -1.88. The van der Waals surface area contributed by atoms with Crippen molar-refractivity contribution < 1.29 is 32.4 Å². The second-order valence-electron chi connectivity index (χ2n) is 5.40. The minimum atomic E-state index is -4.93. The Morgan fingerprint density at radius 2 is 1.82 bits per heavy atom. The van der Waals surface area contributed by atoms with Gasteiger partial charge in [-0.1, -0.05) is 12.1 Å². The van der Waals surface area contributed by atoms with E-state index in [2.05, 4.69) is 5.32 Å². The van der Waals surface area contributed by atoms with Gasteiger partial charge in [-0.15, -0.1) is 0 Å². The van der Waals surface area contributed by atoms with E-state index >= 15 is 0 Å². The average Bonchev–Trinajstić information content (AvgIpc) is 2.65. The Labute approximate surface area is 156 Å². The van der Waals surface area contributed by atoms with Gasteiger partial charge in [0.05, 0.1) is 21.7 Å². The smallest absolute Gasteiger partial charge is 0.418 e. The maximum absolute atomic E-state index is 13.1. The van der Waals surface area contributed by atoms with E-state index < -0.39 is 46.5 Å². The molecule has 0 radical (unpaired) electrons. The van der Waals surface area contributed by atoms with Crippen LogP contribution in [0.15, 0.2) is 42.5 Å². The number of hydrogen-bond donors (Lipinski definition) is 2. The maximum Gasteiger partial charge on any atom is 0.418 e. The van der Waals surface area contributed by atoms with Crippen LogP contribution < -0.4 is 10.6 Å². The lowest BCUT2D eigenvalue weighted by molar-refractivity contribution is -0.385. The van der Waals surface area contributed by atoms with E-state index in [4.69, 9.17) is 4.74 Å². The second-order valence-corrected chi connectivity index (χ2v) is 5.40. The first-order valence-electron chi connectivity index (χ1n) is 7.73. The van der Waals surface area contributed by atoms with Crippen molar-refractivity contribution in [2.24, 2.45) is 0 Å². The lowest BCUT2D eigenvalue weighted by atomic mass is 10.1. The molecule has 0 aliphatic carbocycles. The van der Waals surface area contributed by atoms with E-state index in [1.807, 2.05) is 5.32 Å². The lowest BCUT2D eigenvalue weighted by Crippen LogP contribution is -2.23. The molecular weight excluding hydrogens is 383 g/mol. The quantitative estimate of drug-likeness (QED) is 0.439. The standard InChI is InChI=1S/C17H14F3N3O5/c1-21-13-5-3-2-4-11(13)16(25)28-9-15(24)22-14-7-6-10(23(26)27)8-12(14)17(18,19)20/h2-8,21H,9H2,1H3,(H,22,24). The Morgan fingerprint density at radius 3 is 2.43 bits per heavy atom. The average molecular weight is 397 g/mol. The zero-order valence-corrected chi connectivity index (χ0v) is 14.4. The van der Waals surface area contributed by atoms with E-state index in [1.54, 1.807) is 25.2 Å². The van der Waals surface area contributed by atoms with Gasteiger partial charge < -0.3 is 15.4 Å². The van der Waals surface area contributed by atoms with Crippen molar-refractivity contribution in [2.75, 3.05) is 24.3 Å². The molecule has 28 heavy (non-hydrogen) atoms. The largest absolute Gasteiger partial charge is 0.452 e. The fraction of sp³-hybridized carbons (Fsp3) is 0.176. The number of ether oxygens (including phenoxy) is 1. The molecular formula is C17H14F3N3O5. The third-order valence-electron chi connectivity index (χ3n) is 3.54. The van der Waals surface area contributed by atoms with Crippen LogP contribution >= 0.6 is 0 Å². The molecule has 0 aliphatic heterocycles. The Kier molecular flexibility index (Phi) is 6.18. The van der Waals surface area contributed by atoms with Crippen LogP contribution in [-0.4, -0.2) is 30.5 Å². The zero-order valence-electron chi connectivity index (χ0n) is 14.4. The number of hydrogen-bond acceptors (Lipinski definition) is 6. The van der Waals surface area contributed by atoms with E-state index in [0.29, 0.717) is 11.8 Å². The van der Waals surface area contributed by atoms with Gasteiger partial charge in [0, 0.05) is 24.9 Å². The number of non-ortho nitro benzene ring substituents is 1. The predicted molar refractivity (Wildman–Crippen MR) is 93.0 cm³/mol. The van der Waals surface area contributed by atoms with Crippen LogP contribution in [0, 0.1) is 10.1 Å². The molecule has 8 nitrogen and oxygen atoms in total. The summed E-state index contributed by atoms with van der Waals surface area (Å²) in [4.78, 5) is 33.6. The first kappa shape index (κ1) is 20.7. The van der Waals surface area contributed by atoms with Gasteiger partial charge in [-0.05, 0) is 18.2 Å². The summed E-state index contributed by atoms with van der Waals surface area (Å²) < 4.78 is 44.1. The van der Waals surface area contributed by atoms with Crippen LogP contribution in [0.25, 0.3) is 0 Å². The molecule has 0 heterocycles. The maximum atomic E-state index is 13.1. The van der Waals surface area contributed by atoms with Crippen LogP contribution in [0.4, 0.5) is 30.2 Å². The number of anilines is 2. The molecule has 0 aromatic heterocycles. The first-order chi connectivity index (χ1) is 13.1. The number of esters is 1. The zero-order chi connectivity index (χ0) is 20.9. The van der Waals surface area contributed by atoms with Gasteiger partial charge in [0.15, 0.2) is 6.61 Å². The van der Waals surface area contributed by atoms with Crippen LogP contribution in [0.5, 0.6) is 0 Å². The lowest BCUT2D eigenvalue weighted by Gasteiger charge is -2.14. The highest BCUT2D eigenvalue weighted by Crippen LogP contribution is 2.37. The van der Waals surface area contributed by atoms with Gasteiger partial charge in [-0.25, -0.2) is 4.79 Å². The number of nitrogens with one attached hydrogen (secondary N) is 2. The van der Waals surface area contributed by atoms with Crippen molar-refractivity contribution in [3.8, 4) is 0 Å². The molecule has 0 bridgehead atoms. The highest BCUT2D eigenvalue weighted by atomic mass is 19.4. The van der Waals surface area contributed by atoms with Crippen molar-refractivity contribution in [1.29, 1.82) is 0 Å². The molecule has 0 atom stereocenters. The molecule has 0 unspecified atom stereocenters. The third kappa shape index (κ3) is 4.96. The van der Waals surface area contributed by atoms with Crippen LogP contribution in [0.3, 0.4) is 0 Å². The van der Waals surface area contributed by atoms with Crippen molar-refractivity contribution in [2.45, 2.75) is 6.18 Å². The number of nitro groups is 1. The number of carbonyl (C=O) groups is 2. The van der Waals surface area contributed by atoms with Gasteiger partial charge in [0.2, 0.25) is 0 Å². The Balaban J connectivity index is 2.11. The number of carbonyl (C=O) groups excluding carboxylic acids is 2. The number of nitrogens with zero attached hydrogens (tertiary/aromatic N) is 1. The van der Waals surface area contributed by atoms with Crippen LogP contribution in [0.2, 0.25) is 0 Å². The molecule has 11 heteroatoms. The highest BCUT2D eigenvalue weighted by molar-refractivity contribution is 5.98. The number of alkyl halides is 3. The summed E-state index contributed by atoms with van der Waals surface area (Å²) in [6, 6.07) is 8.18. The van der Waals surface area contributed by atoms with E-state index in [-0.39, 0.29) is 5.56 Å². The van der Waals surface area contributed by atoms with E-state index in [1.165, 1.54) is 6.07 Å². The summed E-state index contributed by atoms with van der Waals surface area (Å²) in [7, 11) is 1.58. The summed E-state index contributed by atoms with van der Waals surface area (Å²) in [5, 5.41) is 15.4. The van der Waals surface area contributed by atoms with Crippen LogP contribution in [-0.2, 0) is 15.7 Å². The van der Waals surface area contributed by atoms with Gasteiger partial charge in [-0.2, -0.15) is 13.2 Å². The molecule has 0 saturated carbocycles. The van der Waals surface area contributed by atoms with Gasteiger partial charge in [0.1, 0.15) is 0 Å². The number of rotatable bonds is 6. The normalized spacial score (nSPS) is 10.9. The molecule has 2 aromatic rings. The molecule has 2 rings (SSSR count). The topological polar surface area (TPSA) is 111 Å². The van der Waals surface area contributed by atoms with Gasteiger partial charge >= 0.3 is 12.1 Å². The number of benzene rings is 2. The second kappa shape index (κ2) is 8.37. The monoisotopic (exact) mass is 397 g/mol. The van der Waals surface area contributed by atoms with Crippen LogP contribution in [0.1, 0.15) is 15.9 Å². The number of halogens is 3. The molecule has 0 aliphatic rings.